The molecule has 9 heteroatoms. The molecule has 0 spiro atoms. The zero-order valence-corrected chi connectivity index (χ0v) is 15.9. The Morgan fingerprint density at radius 2 is 2.15 bits per heavy atom. The van der Waals surface area contributed by atoms with Crippen molar-refractivity contribution in [2.45, 2.75) is 32.9 Å². The fraction of sp³-hybridized carbons (Fsp3) is 0.444. The van der Waals surface area contributed by atoms with Crippen LogP contribution in [-0.2, 0) is 11.3 Å². The van der Waals surface area contributed by atoms with E-state index >= 15 is 0 Å². The minimum absolute atomic E-state index is 0.111. The molecule has 4 rings (SSSR count). The lowest BCUT2D eigenvalue weighted by Gasteiger charge is -2.27. The number of nitrogens with two attached hydrogens (primary N) is 1. The van der Waals surface area contributed by atoms with Crippen LogP contribution in [0.15, 0.2) is 24.5 Å². The molecule has 2 aliphatic carbocycles. The fourth-order valence-electron chi connectivity index (χ4n) is 4.01. The van der Waals surface area contributed by atoms with Gasteiger partial charge in [-0.2, -0.15) is 10.1 Å². The summed E-state index contributed by atoms with van der Waals surface area (Å²) in [6.07, 6.45) is 8.75. The van der Waals surface area contributed by atoms with E-state index in [1.165, 1.54) is 0 Å². The fourth-order valence-corrected chi connectivity index (χ4v) is 4.14. The Bertz CT molecular complexity index is 909. The molecular formula is C18H22ClN7O. The van der Waals surface area contributed by atoms with Crippen LogP contribution in [0.5, 0.6) is 0 Å². The Hall–Kier alpha value is -2.61. The van der Waals surface area contributed by atoms with Gasteiger partial charge in [-0.1, -0.05) is 23.8 Å². The van der Waals surface area contributed by atoms with Crippen molar-refractivity contribution < 1.29 is 4.79 Å². The number of aromatic nitrogens is 4. The molecule has 27 heavy (non-hydrogen) atoms. The number of aryl methyl sites for hydroxylation is 2. The molecule has 8 nitrogen and oxygen atoms in total. The maximum atomic E-state index is 11.9. The third kappa shape index (κ3) is 3.25. The van der Waals surface area contributed by atoms with Crippen LogP contribution in [0, 0.1) is 24.7 Å². The zero-order chi connectivity index (χ0) is 19.1. The molecule has 4 N–H and O–H groups in total. The Kier molecular flexibility index (Phi) is 4.51. The smallest absolute Gasteiger partial charge is 0.229 e. The van der Waals surface area contributed by atoms with Gasteiger partial charge in [-0.15, -0.1) is 0 Å². The van der Waals surface area contributed by atoms with Crippen molar-refractivity contribution in [3.05, 3.63) is 35.3 Å². The Balaban J connectivity index is 1.60. The van der Waals surface area contributed by atoms with Gasteiger partial charge < -0.3 is 16.4 Å². The predicted molar refractivity (Wildman–Crippen MR) is 104 cm³/mol. The second kappa shape index (κ2) is 6.84. The second-order valence-corrected chi connectivity index (χ2v) is 7.43. The summed E-state index contributed by atoms with van der Waals surface area (Å²) in [6.45, 7) is 4.62. The first kappa shape index (κ1) is 17.8. The molecule has 2 aromatic heterocycles. The largest absolute Gasteiger partial charge is 0.369 e. The van der Waals surface area contributed by atoms with Gasteiger partial charge in [0.15, 0.2) is 5.82 Å². The number of hydrogen-bond acceptors (Lipinski definition) is 6. The summed E-state index contributed by atoms with van der Waals surface area (Å²) in [7, 11) is 0. The number of hydrogen-bond donors (Lipinski definition) is 3. The SMILES string of the molecule is CCn1cc(Nc2nc(C)c(Cl)c(N[C@H]3[C@@H](C(N)=O)[C@@H]4C=C[C@H]3C4)n2)cn1. The summed E-state index contributed by atoms with van der Waals surface area (Å²) in [6, 6.07) is -0.111. The number of amides is 1. The number of allylic oxidation sites excluding steroid dienone is 1. The number of nitrogens with zero attached hydrogens (tertiary/aromatic N) is 4. The monoisotopic (exact) mass is 387 g/mol. The summed E-state index contributed by atoms with van der Waals surface area (Å²) >= 11 is 6.44. The lowest BCUT2D eigenvalue weighted by atomic mass is 9.88. The van der Waals surface area contributed by atoms with Crippen LogP contribution in [-0.4, -0.2) is 31.7 Å². The highest BCUT2D eigenvalue weighted by Crippen LogP contribution is 2.45. The van der Waals surface area contributed by atoms with Gasteiger partial charge in [0.2, 0.25) is 11.9 Å². The first-order valence-electron chi connectivity index (χ1n) is 9.04. The maximum Gasteiger partial charge on any atom is 0.229 e. The van der Waals surface area contributed by atoms with Crippen LogP contribution < -0.4 is 16.4 Å². The van der Waals surface area contributed by atoms with Crippen LogP contribution in [0.1, 0.15) is 19.0 Å². The van der Waals surface area contributed by atoms with Gasteiger partial charge in [0.1, 0.15) is 5.02 Å². The highest BCUT2D eigenvalue weighted by atomic mass is 35.5. The second-order valence-electron chi connectivity index (χ2n) is 7.05. The molecule has 0 unspecified atom stereocenters. The Labute approximate surface area is 162 Å². The summed E-state index contributed by atoms with van der Waals surface area (Å²) in [5.41, 5.74) is 7.08. The average Bonchev–Trinajstić information content (AvgIpc) is 3.34. The van der Waals surface area contributed by atoms with Gasteiger partial charge in [0.05, 0.1) is 23.5 Å². The predicted octanol–water partition coefficient (Wildman–Crippen LogP) is 2.49. The summed E-state index contributed by atoms with van der Waals surface area (Å²) in [5.74, 6) is 0.806. The molecule has 0 aliphatic heterocycles. The van der Waals surface area contributed by atoms with Crippen LogP contribution in [0.4, 0.5) is 17.5 Å². The lowest BCUT2D eigenvalue weighted by molar-refractivity contribution is -0.122. The molecule has 1 amide bonds. The first-order chi connectivity index (χ1) is 13.0. The van der Waals surface area contributed by atoms with Gasteiger partial charge in [0.25, 0.3) is 0 Å². The van der Waals surface area contributed by atoms with Gasteiger partial charge in [-0.25, -0.2) is 4.98 Å². The number of nitrogens with one attached hydrogen (secondary N) is 2. The number of anilines is 3. The van der Waals surface area contributed by atoms with Crippen molar-refractivity contribution in [1.82, 2.24) is 19.7 Å². The van der Waals surface area contributed by atoms with E-state index < -0.39 is 0 Å². The van der Waals surface area contributed by atoms with Crippen molar-refractivity contribution in [2.75, 3.05) is 10.6 Å². The van der Waals surface area contributed by atoms with Gasteiger partial charge in [-0.05, 0) is 32.1 Å². The van der Waals surface area contributed by atoms with Crippen LogP contribution in [0.25, 0.3) is 0 Å². The topological polar surface area (TPSA) is 111 Å². The molecule has 1 saturated carbocycles. The van der Waals surface area contributed by atoms with E-state index in [4.69, 9.17) is 17.3 Å². The van der Waals surface area contributed by atoms with E-state index in [9.17, 15) is 4.79 Å². The molecule has 4 atom stereocenters. The molecule has 142 valence electrons. The van der Waals surface area contributed by atoms with Gasteiger partial charge in [0, 0.05) is 18.8 Å². The first-order valence-corrected chi connectivity index (χ1v) is 9.42. The molecule has 1 fully saturated rings. The van der Waals surface area contributed by atoms with E-state index in [0.717, 1.165) is 18.7 Å². The third-order valence-electron chi connectivity index (χ3n) is 5.32. The number of halogens is 1. The molecule has 2 aromatic rings. The zero-order valence-electron chi connectivity index (χ0n) is 15.2. The third-order valence-corrected chi connectivity index (χ3v) is 5.77. The van der Waals surface area contributed by atoms with Crippen molar-refractivity contribution >= 4 is 35.0 Å². The Morgan fingerprint density at radius 1 is 1.37 bits per heavy atom. The molecule has 2 bridgehead atoms. The highest BCUT2D eigenvalue weighted by molar-refractivity contribution is 6.33. The van der Waals surface area contributed by atoms with E-state index in [1.54, 1.807) is 6.20 Å². The number of primary amides is 1. The van der Waals surface area contributed by atoms with Crippen molar-refractivity contribution in [2.24, 2.45) is 23.5 Å². The summed E-state index contributed by atoms with van der Waals surface area (Å²) in [4.78, 5) is 20.9. The van der Waals surface area contributed by atoms with E-state index in [1.807, 2.05) is 24.7 Å². The van der Waals surface area contributed by atoms with E-state index in [2.05, 4.69) is 37.9 Å². The number of carbonyl (C=O) groups is 1. The Morgan fingerprint density at radius 3 is 2.85 bits per heavy atom. The minimum Gasteiger partial charge on any atom is -0.369 e. The number of rotatable bonds is 6. The molecule has 2 heterocycles. The number of fused-ring (bicyclic) bond motifs is 2. The van der Waals surface area contributed by atoms with Crippen molar-refractivity contribution in [3.63, 3.8) is 0 Å². The summed E-state index contributed by atoms with van der Waals surface area (Å²) < 4.78 is 1.81. The van der Waals surface area contributed by atoms with Gasteiger partial charge in [-0.3, -0.25) is 9.48 Å². The summed E-state index contributed by atoms with van der Waals surface area (Å²) in [5, 5.41) is 11.2. The standard InChI is InChI=1S/C18H22ClN7O/c1-3-26-8-12(7-21-26)23-18-22-9(2)14(19)17(25-18)24-15-11-5-4-10(6-11)13(15)16(20)27/h4-5,7-8,10-11,13,15H,3,6H2,1-2H3,(H2,20,27)(H2,22,23,24,25)/t10-,11+,13+,15-/m1/s1. The maximum absolute atomic E-state index is 11.9. The van der Waals surface area contributed by atoms with Crippen LogP contribution in [0.2, 0.25) is 5.02 Å². The molecule has 2 aliphatic rings. The number of carbonyl (C=O) groups excluding carboxylic acids is 1. The van der Waals surface area contributed by atoms with Crippen LogP contribution >= 0.6 is 11.6 Å². The van der Waals surface area contributed by atoms with Crippen molar-refractivity contribution in [3.8, 4) is 0 Å². The van der Waals surface area contributed by atoms with E-state index in [0.29, 0.717) is 22.5 Å². The quantitative estimate of drug-likeness (QED) is 0.656. The average molecular weight is 388 g/mol. The van der Waals surface area contributed by atoms with E-state index in [-0.39, 0.29) is 29.7 Å². The van der Waals surface area contributed by atoms with Gasteiger partial charge >= 0.3 is 0 Å². The highest BCUT2D eigenvalue weighted by Gasteiger charge is 2.47. The normalized spacial score (nSPS) is 25.7. The molecule has 0 radical (unpaired) electrons. The molecular weight excluding hydrogens is 366 g/mol. The molecule has 0 saturated heterocycles. The lowest BCUT2D eigenvalue weighted by Crippen LogP contribution is -2.41. The van der Waals surface area contributed by atoms with Crippen molar-refractivity contribution in [1.29, 1.82) is 0 Å². The minimum atomic E-state index is -0.295. The molecule has 0 aromatic carbocycles. The van der Waals surface area contributed by atoms with Crippen LogP contribution in [0.3, 0.4) is 0 Å².